The Labute approximate surface area is 125 Å². The van der Waals surface area contributed by atoms with Crippen LogP contribution in [-0.2, 0) is 0 Å². The standard InChI is InChI=1S/C15H13BrN2O2/c1-2-10-20-12-8-6-11(7-9-12)15(19)18-14-5-3-4-13(16)17-14/h2-9H,1,10H2,(H,17,18,19). The molecule has 0 fully saturated rings. The van der Waals surface area contributed by atoms with Gasteiger partial charge < -0.3 is 10.1 Å². The summed E-state index contributed by atoms with van der Waals surface area (Å²) in [6.07, 6.45) is 1.67. The molecule has 0 aliphatic heterocycles. The maximum atomic E-state index is 12.0. The molecule has 2 aromatic rings. The lowest BCUT2D eigenvalue weighted by Gasteiger charge is -2.06. The first-order valence-corrected chi connectivity index (χ1v) is 6.76. The Hall–Kier alpha value is -2.14. The second-order valence-electron chi connectivity index (χ2n) is 3.92. The number of aromatic nitrogens is 1. The lowest BCUT2D eigenvalue weighted by molar-refractivity contribution is 0.102. The predicted molar refractivity (Wildman–Crippen MR) is 82.0 cm³/mol. The number of amides is 1. The van der Waals surface area contributed by atoms with Gasteiger partial charge in [-0.15, -0.1) is 0 Å². The first-order valence-electron chi connectivity index (χ1n) is 5.96. The van der Waals surface area contributed by atoms with Gasteiger partial charge in [0, 0.05) is 5.56 Å². The van der Waals surface area contributed by atoms with E-state index in [1.165, 1.54) is 0 Å². The minimum absolute atomic E-state index is 0.217. The third-order valence-corrected chi connectivity index (χ3v) is 2.88. The van der Waals surface area contributed by atoms with Gasteiger partial charge in [0.25, 0.3) is 5.91 Å². The number of halogens is 1. The minimum atomic E-state index is -0.217. The Kier molecular flexibility index (Phi) is 4.90. The van der Waals surface area contributed by atoms with Gasteiger partial charge in [0.05, 0.1) is 0 Å². The van der Waals surface area contributed by atoms with Crippen molar-refractivity contribution >= 4 is 27.7 Å². The van der Waals surface area contributed by atoms with E-state index in [0.29, 0.717) is 28.3 Å². The highest BCUT2D eigenvalue weighted by atomic mass is 79.9. The highest BCUT2D eigenvalue weighted by Gasteiger charge is 2.07. The molecule has 0 saturated carbocycles. The molecule has 1 aromatic heterocycles. The minimum Gasteiger partial charge on any atom is -0.490 e. The maximum absolute atomic E-state index is 12.0. The van der Waals surface area contributed by atoms with Crippen LogP contribution < -0.4 is 10.1 Å². The van der Waals surface area contributed by atoms with E-state index in [9.17, 15) is 4.79 Å². The summed E-state index contributed by atoms with van der Waals surface area (Å²) in [5.74, 6) is 0.976. The smallest absolute Gasteiger partial charge is 0.256 e. The molecule has 0 spiro atoms. The highest BCUT2D eigenvalue weighted by molar-refractivity contribution is 9.10. The van der Waals surface area contributed by atoms with E-state index in [1.54, 1.807) is 48.5 Å². The molecule has 5 heteroatoms. The fourth-order valence-electron chi connectivity index (χ4n) is 1.52. The van der Waals surface area contributed by atoms with E-state index in [1.807, 2.05) is 0 Å². The molecule has 0 bridgehead atoms. The second kappa shape index (κ2) is 6.86. The van der Waals surface area contributed by atoms with Gasteiger partial charge in [-0.3, -0.25) is 4.79 Å². The van der Waals surface area contributed by atoms with Crippen LogP contribution in [0.1, 0.15) is 10.4 Å². The molecule has 0 aliphatic carbocycles. The van der Waals surface area contributed by atoms with E-state index >= 15 is 0 Å². The molecule has 4 nitrogen and oxygen atoms in total. The van der Waals surface area contributed by atoms with E-state index in [0.717, 1.165) is 0 Å². The molecule has 102 valence electrons. The zero-order chi connectivity index (χ0) is 14.4. The zero-order valence-corrected chi connectivity index (χ0v) is 12.3. The summed E-state index contributed by atoms with van der Waals surface area (Å²) in [7, 11) is 0. The number of nitrogens with one attached hydrogen (secondary N) is 1. The third kappa shape index (κ3) is 3.93. The van der Waals surface area contributed by atoms with Gasteiger partial charge in [-0.1, -0.05) is 18.7 Å². The molecule has 2 rings (SSSR count). The SMILES string of the molecule is C=CCOc1ccc(C(=O)Nc2cccc(Br)n2)cc1. The van der Waals surface area contributed by atoms with Crippen molar-refractivity contribution in [2.75, 3.05) is 11.9 Å². The van der Waals surface area contributed by atoms with E-state index < -0.39 is 0 Å². The van der Waals surface area contributed by atoms with Crippen molar-refractivity contribution in [2.45, 2.75) is 0 Å². The predicted octanol–water partition coefficient (Wildman–Crippen LogP) is 3.66. The number of anilines is 1. The Balaban J connectivity index is 2.03. The van der Waals surface area contributed by atoms with Gasteiger partial charge in [0.2, 0.25) is 0 Å². The molecule has 0 atom stereocenters. The lowest BCUT2D eigenvalue weighted by Crippen LogP contribution is -2.12. The summed E-state index contributed by atoms with van der Waals surface area (Å²) in [5, 5.41) is 2.72. The quantitative estimate of drug-likeness (QED) is 0.671. The van der Waals surface area contributed by atoms with Crippen LogP contribution in [0, 0.1) is 0 Å². The fourth-order valence-corrected chi connectivity index (χ4v) is 1.87. The second-order valence-corrected chi connectivity index (χ2v) is 4.74. The van der Waals surface area contributed by atoms with Crippen LogP contribution in [0.25, 0.3) is 0 Å². The van der Waals surface area contributed by atoms with Crippen LogP contribution in [0.2, 0.25) is 0 Å². The number of benzene rings is 1. The lowest BCUT2D eigenvalue weighted by atomic mass is 10.2. The molecule has 1 N–H and O–H groups in total. The Morgan fingerprint density at radius 3 is 2.70 bits per heavy atom. The Morgan fingerprint density at radius 1 is 1.30 bits per heavy atom. The highest BCUT2D eigenvalue weighted by Crippen LogP contribution is 2.14. The number of nitrogens with zero attached hydrogens (tertiary/aromatic N) is 1. The average molecular weight is 333 g/mol. The van der Waals surface area contributed by atoms with Gasteiger partial charge in [0.15, 0.2) is 0 Å². The van der Waals surface area contributed by atoms with Crippen molar-refractivity contribution in [1.82, 2.24) is 4.98 Å². The maximum Gasteiger partial charge on any atom is 0.256 e. The van der Waals surface area contributed by atoms with E-state index in [2.05, 4.69) is 32.8 Å². The van der Waals surface area contributed by atoms with Gasteiger partial charge in [0.1, 0.15) is 22.8 Å². The molecular weight excluding hydrogens is 320 g/mol. The van der Waals surface area contributed by atoms with Gasteiger partial charge in [-0.2, -0.15) is 0 Å². The van der Waals surface area contributed by atoms with Crippen molar-refractivity contribution in [3.05, 3.63) is 65.3 Å². The monoisotopic (exact) mass is 332 g/mol. The number of carbonyl (C=O) groups excluding carboxylic acids is 1. The summed E-state index contributed by atoms with van der Waals surface area (Å²) in [4.78, 5) is 16.2. The molecule has 1 aromatic carbocycles. The summed E-state index contributed by atoms with van der Waals surface area (Å²) >= 11 is 3.25. The molecule has 1 heterocycles. The first kappa shape index (κ1) is 14.3. The third-order valence-electron chi connectivity index (χ3n) is 2.44. The van der Waals surface area contributed by atoms with Crippen LogP contribution in [0.5, 0.6) is 5.75 Å². The number of ether oxygens (including phenoxy) is 1. The van der Waals surface area contributed by atoms with Crippen molar-refractivity contribution in [1.29, 1.82) is 0 Å². The van der Waals surface area contributed by atoms with E-state index in [-0.39, 0.29) is 5.91 Å². The first-order chi connectivity index (χ1) is 9.69. The molecule has 20 heavy (non-hydrogen) atoms. The van der Waals surface area contributed by atoms with Gasteiger partial charge >= 0.3 is 0 Å². The van der Waals surface area contributed by atoms with E-state index in [4.69, 9.17) is 4.74 Å². The van der Waals surface area contributed by atoms with Crippen molar-refractivity contribution in [3.8, 4) is 5.75 Å². The fraction of sp³-hybridized carbons (Fsp3) is 0.0667. The van der Waals surface area contributed by atoms with Crippen molar-refractivity contribution < 1.29 is 9.53 Å². The van der Waals surface area contributed by atoms with Gasteiger partial charge in [-0.05, 0) is 52.3 Å². The molecular formula is C15H13BrN2O2. The summed E-state index contributed by atoms with van der Waals surface area (Å²) in [6.45, 7) is 4.01. The average Bonchev–Trinajstić information content (AvgIpc) is 2.45. The normalized spacial score (nSPS) is 9.85. The molecule has 0 unspecified atom stereocenters. The zero-order valence-electron chi connectivity index (χ0n) is 10.7. The van der Waals surface area contributed by atoms with Gasteiger partial charge in [-0.25, -0.2) is 4.98 Å². The number of hydrogen-bond donors (Lipinski definition) is 1. The number of carbonyl (C=O) groups is 1. The Bertz CT molecular complexity index is 612. The van der Waals surface area contributed by atoms with Crippen molar-refractivity contribution in [3.63, 3.8) is 0 Å². The molecule has 0 aliphatic rings. The van der Waals surface area contributed by atoms with Crippen LogP contribution >= 0.6 is 15.9 Å². The Morgan fingerprint density at radius 2 is 2.05 bits per heavy atom. The van der Waals surface area contributed by atoms with Crippen LogP contribution in [0.3, 0.4) is 0 Å². The summed E-state index contributed by atoms with van der Waals surface area (Å²) < 4.78 is 6.03. The molecule has 1 amide bonds. The number of rotatable bonds is 5. The van der Waals surface area contributed by atoms with Crippen LogP contribution in [0.15, 0.2) is 59.7 Å². The van der Waals surface area contributed by atoms with Crippen LogP contribution in [-0.4, -0.2) is 17.5 Å². The largest absolute Gasteiger partial charge is 0.490 e. The summed E-state index contributed by atoms with van der Waals surface area (Å²) in [5.41, 5.74) is 0.540. The summed E-state index contributed by atoms with van der Waals surface area (Å²) in [6, 6.07) is 12.2. The number of hydrogen-bond acceptors (Lipinski definition) is 3. The van der Waals surface area contributed by atoms with Crippen LogP contribution in [0.4, 0.5) is 5.82 Å². The molecule has 0 saturated heterocycles. The molecule has 0 radical (unpaired) electrons. The number of pyridine rings is 1. The topological polar surface area (TPSA) is 51.2 Å². The van der Waals surface area contributed by atoms with Crippen molar-refractivity contribution in [2.24, 2.45) is 0 Å².